The average Bonchev–Trinajstić information content (AvgIpc) is 4.11. The predicted molar refractivity (Wildman–Crippen MR) is 226 cm³/mol. The number of hydrogen-bond acceptors (Lipinski definition) is 11. The van der Waals surface area contributed by atoms with E-state index in [4.69, 9.17) is 26.1 Å². The summed E-state index contributed by atoms with van der Waals surface area (Å²) in [5, 5.41) is 14.5. The van der Waals surface area contributed by atoms with E-state index in [2.05, 4.69) is 42.5 Å². The Morgan fingerprint density at radius 2 is 1.90 bits per heavy atom. The molecular weight excluding hydrogens is 802 g/mol. The summed E-state index contributed by atoms with van der Waals surface area (Å²) in [4.78, 5) is 60.6. The van der Waals surface area contributed by atoms with Crippen LogP contribution in [0.5, 0.6) is 0 Å². The van der Waals surface area contributed by atoms with E-state index < -0.39 is 11.9 Å². The molecular formula is C43H48ClN11O6. The molecule has 0 radical (unpaired) electrons. The largest absolute Gasteiger partial charge is 0.374 e. The molecule has 10 rings (SSSR count). The Balaban J connectivity index is 0.683. The van der Waals surface area contributed by atoms with Crippen molar-refractivity contribution in [2.45, 2.75) is 88.1 Å². The highest BCUT2D eigenvalue weighted by atomic mass is 35.5. The molecule has 5 aromatic rings. The van der Waals surface area contributed by atoms with Crippen molar-refractivity contribution in [3.63, 3.8) is 0 Å². The first-order chi connectivity index (χ1) is 29.7. The van der Waals surface area contributed by atoms with Gasteiger partial charge >= 0.3 is 5.69 Å². The molecule has 3 atom stereocenters. The molecule has 5 aliphatic rings. The molecule has 18 heteroatoms. The number of fused-ring (bicyclic) bond motifs is 4. The van der Waals surface area contributed by atoms with Gasteiger partial charge in [0.15, 0.2) is 10.8 Å². The molecule has 1 aliphatic carbocycles. The topological polar surface area (TPSA) is 175 Å². The normalized spacial score (nSPS) is 24.7. The maximum absolute atomic E-state index is 13.5. The lowest BCUT2D eigenvalue weighted by Gasteiger charge is -2.36. The molecule has 3 amide bonds. The molecule has 4 aromatic heterocycles. The highest BCUT2D eigenvalue weighted by Gasteiger charge is 2.40. The second-order valence-electron chi connectivity index (χ2n) is 17.0. The smallest absolute Gasteiger partial charge is 0.329 e. The summed E-state index contributed by atoms with van der Waals surface area (Å²) in [6.45, 7) is 4.79. The number of nitrogens with zero attached hydrogens (tertiary/aromatic N) is 9. The highest BCUT2D eigenvalue weighted by Crippen LogP contribution is 2.36. The lowest BCUT2D eigenvalue weighted by molar-refractivity contribution is -0.135. The maximum Gasteiger partial charge on any atom is 0.329 e. The second kappa shape index (κ2) is 16.4. The second-order valence-corrected chi connectivity index (χ2v) is 17.4. The Hall–Kier alpha value is -5.54. The molecule has 2 N–H and O–H groups in total. The molecule has 318 valence electrons. The number of hydrogen-bond donors (Lipinski definition) is 2. The third-order valence-corrected chi connectivity index (χ3v) is 13.5. The fourth-order valence-corrected chi connectivity index (χ4v) is 10.1. The van der Waals surface area contributed by atoms with E-state index in [1.807, 2.05) is 41.3 Å². The van der Waals surface area contributed by atoms with Gasteiger partial charge in [-0.3, -0.25) is 33.5 Å². The van der Waals surface area contributed by atoms with Crippen LogP contribution in [0.4, 0.5) is 11.5 Å². The number of ether oxygens (including phenoxy) is 2. The van der Waals surface area contributed by atoms with Gasteiger partial charge in [0.1, 0.15) is 24.0 Å². The van der Waals surface area contributed by atoms with Crippen LogP contribution >= 0.6 is 11.6 Å². The quantitative estimate of drug-likeness (QED) is 0.164. The molecule has 0 spiro atoms. The monoisotopic (exact) mass is 849 g/mol. The van der Waals surface area contributed by atoms with Crippen molar-refractivity contribution in [2.24, 2.45) is 13.0 Å². The molecule has 61 heavy (non-hydrogen) atoms. The predicted octanol–water partition coefficient (Wildman–Crippen LogP) is 3.70. The van der Waals surface area contributed by atoms with Gasteiger partial charge in [0.2, 0.25) is 11.8 Å². The number of likely N-dealkylation sites (tertiary alicyclic amines) is 1. The molecule has 17 nitrogen and oxygen atoms in total. The maximum atomic E-state index is 13.5. The van der Waals surface area contributed by atoms with Crippen LogP contribution in [0.2, 0.25) is 5.15 Å². The van der Waals surface area contributed by atoms with Crippen LogP contribution in [0, 0.1) is 17.8 Å². The number of para-hydroxylation sites is 1. The Kier molecular flexibility index (Phi) is 10.6. The summed E-state index contributed by atoms with van der Waals surface area (Å²) in [5.41, 5.74) is 2.98. The fourth-order valence-electron chi connectivity index (χ4n) is 9.97. The van der Waals surface area contributed by atoms with Gasteiger partial charge in [-0.05, 0) is 75.5 Å². The number of benzene rings is 1. The van der Waals surface area contributed by atoms with E-state index in [0.717, 1.165) is 76.9 Å². The first-order valence-corrected chi connectivity index (χ1v) is 21.7. The minimum absolute atomic E-state index is 0.136. The van der Waals surface area contributed by atoms with Gasteiger partial charge in [0.05, 0.1) is 65.6 Å². The standard InChI is InChI=1S/C43H48ClN11O6/c1-50-38-27(4-2-6-34(38)55(43(50)59)35-11-12-37(56)48-42(35)58)5-3-19-60-30-13-16-51(17-14-30)22-26-7-9-28(10-8-26)54-24-33(39(44)49-54)46-41(57)32-21-45-53-18-15-36(47-40(32)53)52-23-31-20-29(52)25-61-31/h2,4,6,15,18,21,24,26,28-31,35H,7-14,16-17,19-20,22-23,25H2,1H3,(H,46,57)(H,48,56,58)/t26-,28-,29-,31-,35?/m1/s1. The fraction of sp³-hybridized carbons (Fsp3) is 0.512. The first kappa shape index (κ1) is 39.6. The van der Waals surface area contributed by atoms with Crippen molar-refractivity contribution in [3.05, 3.63) is 69.6 Å². The third-order valence-electron chi connectivity index (χ3n) is 13.2. The van der Waals surface area contributed by atoms with E-state index in [0.29, 0.717) is 52.1 Å². The lowest BCUT2D eigenvalue weighted by atomic mass is 9.85. The number of amides is 3. The zero-order valence-electron chi connectivity index (χ0n) is 34.0. The summed E-state index contributed by atoms with van der Waals surface area (Å²) in [5.74, 6) is 6.65. The number of imidazole rings is 1. The van der Waals surface area contributed by atoms with Crippen molar-refractivity contribution >= 4 is 57.5 Å². The molecule has 1 unspecified atom stereocenters. The van der Waals surface area contributed by atoms with Crippen LogP contribution < -0.4 is 21.2 Å². The SMILES string of the molecule is Cn1c(=O)n(C2CCC(=O)NC2=O)c2cccc(C#CCOC3CCN(C[C@H]4CC[C@H](n5cc(NC(=O)c6cnn7ccc(N8C[C@H]9C[C@@H]8CO9)nc67)c(Cl)n5)CC4)CC3)c21. The Morgan fingerprint density at radius 3 is 2.67 bits per heavy atom. The minimum atomic E-state index is -0.741. The summed E-state index contributed by atoms with van der Waals surface area (Å²) in [6.07, 6.45) is 13.1. The van der Waals surface area contributed by atoms with Gasteiger partial charge in [-0.25, -0.2) is 14.3 Å². The van der Waals surface area contributed by atoms with Gasteiger partial charge in [-0.15, -0.1) is 0 Å². The Morgan fingerprint density at radius 1 is 1.07 bits per heavy atom. The molecule has 2 bridgehead atoms. The summed E-state index contributed by atoms with van der Waals surface area (Å²) >= 11 is 6.58. The number of anilines is 2. The van der Waals surface area contributed by atoms with Gasteiger partial charge in [-0.2, -0.15) is 10.2 Å². The zero-order chi connectivity index (χ0) is 41.8. The summed E-state index contributed by atoms with van der Waals surface area (Å²) < 4.78 is 18.5. The number of halogens is 1. The van der Waals surface area contributed by atoms with Crippen molar-refractivity contribution in [1.29, 1.82) is 0 Å². The molecule has 1 aromatic carbocycles. The van der Waals surface area contributed by atoms with E-state index in [9.17, 15) is 19.2 Å². The van der Waals surface area contributed by atoms with Crippen molar-refractivity contribution in [1.82, 2.24) is 43.7 Å². The number of imide groups is 1. The number of morpholine rings is 1. The van der Waals surface area contributed by atoms with Crippen LogP contribution in [-0.4, -0.2) is 114 Å². The zero-order valence-corrected chi connectivity index (χ0v) is 34.7. The number of carbonyl (C=O) groups excluding carboxylic acids is 3. The molecule has 4 aliphatic heterocycles. The highest BCUT2D eigenvalue weighted by molar-refractivity contribution is 6.32. The molecule has 1 saturated carbocycles. The number of aromatic nitrogens is 7. The van der Waals surface area contributed by atoms with Crippen molar-refractivity contribution in [2.75, 3.05) is 49.6 Å². The van der Waals surface area contributed by atoms with Gasteiger partial charge < -0.3 is 24.6 Å². The number of rotatable bonds is 9. The van der Waals surface area contributed by atoms with Crippen LogP contribution in [0.3, 0.4) is 0 Å². The van der Waals surface area contributed by atoms with Crippen LogP contribution in [0.15, 0.2) is 47.7 Å². The Labute approximate surface area is 356 Å². The van der Waals surface area contributed by atoms with Gasteiger partial charge in [0, 0.05) is 45.8 Å². The minimum Gasteiger partial charge on any atom is -0.374 e. The van der Waals surface area contributed by atoms with E-state index in [1.165, 1.54) is 15.3 Å². The van der Waals surface area contributed by atoms with E-state index >= 15 is 0 Å². The summed E-state index contributed by atoms with van der Waals surface area (Å²) in [6, 6.07) is 7.21. The van der Waals surface area contributed by atoms with Crippen molar-refractivity contribution < 1.29 is 23.9 Å². The molecule has 5 fully saturated rings. The third kappa shape index (κ3) is 7.71. The molecule has 8 heterocycles. The Bertz CT molecular complexity index is 2640. The number of nitrogens with one attached hydrogen (secondary N) is 2. The average molecular weight is 850 g/mol. The van der Waals surface area contributed by atoms with Crippen molar-refractivity contribution in [3.8, 4) is 11.8 Å². The van der Waals surface area contributed by atoms with Crippen LogP contribution in [0.1, 0.15) is 85.8 Å². The molecule has 4 saturated heterocycles. The van der Waals surface area contributed by atoms with E-state index in [-0.39, 0.29) is 60.4 Å². The van der Waals surface area contributed by atoms with Crippen LogP contribution in [-0.2, 0) is 26.1 Å². The number of piperidine rings is 2. The lowest BCUT2D eigenvalue weighted by Crippen LogP contribution is -2.44. The number of aryl methyl sites for hydroxylation is 1. The van der Waals surface area contributed by atoms with Gasteiger partial charge in [0.25, 0.3) is 5.91 Å². The first-order valence-electron chi connectivity index (χ1n) is 21.3. The summed E-state index contributed by atoms with van der Waals surface area (Å²) in [7, 11) is 1.68. The van der Waals surface area contributed by atoms with E-state index in [1.54, 1.807) is 11.6 Å². The van der Waals surface area contributed by atoms with Crippen LogP contribution in [0.25, 0.3) is 16.7 Å². The number of carbonyl (C=O) groups is 3. The van der Waals surface area contributed by atoms with Gasteiger partial charge in [-0.1, -0.05) is 29.5 Å².